The van der Waals surface area contributed by atoms with Gasteiger partial charge in [-0.05, 0) is 25.5 Å². The summed E-state index contributed by atoms with van der Waals surface area (Å²) in [5.74, 6) is -0.563. The van der Waals surface area contributed by atoms with Crippen LogP contribution in [0.4, 0.5) is 8.78 Å². The van der Waals surface area contributed by atoms with Crippen molar-refractivity contribution >= 4 is 0 Å². The number of halogens is 2. The van der Waals surface area contributed by atoms with Gasteiger partial charge in [-0.25, -0.2) is 8.78 Å². The molecule has 1 nitrogen and oxygen atoms in total. The van der Waals surface area contributed by atoms with Gasteiger partial charge in [0.1, 0.15) is 11.5 Å². The van der Waals surface area contributed by atoms with E-state index in [1.807, 2.05) is 0 Å². The third kappa shape index (κ3) is 2.40. The molecule has 1 N–H and O–H groups in total. The summed E-state index contributed by atoms with van der Waals surface area (Å²) in [5, 5.41) is 9.28. The van der Waals surface area contributed by atoms with E-state index in [0.29, 0.717) is 5.56 Å². The van der Waals surface area contributed by atoms with Gasteiger partial charge in [-0.15, -0.1) is 0 Å². The molecule has 1 aromatic rings. The largest absolute Gasteiger partial charge is 0.395 e. The van der Waals surface area contributed by atoms with Gasteiger partial charge in [0.2, 0.25) is 0 Å². The van der Waals surface area contributed by atoms with Gasteiger partial charge in [-0.2, -0.15) is 0 Å². The summed E-state index contributed by atoms with van der Waals surface area (Å²) < 4.78 is 27.7. The zero-order chi connectivity index (χ0) is 12.6. The summed E-state index contributed by atoms with van der Waals surface area (Å²) in [6.07, 6.45) is 0. The first-order chi connectivity index (χ1) is 7.20. The second-order valence-corrected chi connectivity index (χ2v) is 5.18. The van der Waals surface area contributed by atoms with Gasteiger partial charge in [0.05, 0.1) is 6.61 Å². The van der Waals surface area contributed by atoms with Gasteiger partial charge in [0, 0.05) is 11.0 Å². The van der Waals surface area contributed by atoms with Crippen LogP contribution in [0.1, 0.15) is 38.8 Å². The van der Waals surface area contributed by atoms with Crippen molar-refractivity contribution < 1.29 is 13.9 Å². The molecule has 0 aliphatic heterocycles. The molecule has 0 bridgehead atoms. The number of hydrogen-bond acceptors (Lipinski definition) is 1. The Morgan fingerprint density at radius 3 is 2.19 bits per heavy atom. The number of aliphatic hydroxyl groups is 1. The Labute approximate surface area is 95.1 Å². The van der Waals surface area contributed by atoms with E-state index in [1.54, 1.807) is 19.9 Å². The van der Waals surface area contributed by atoms with E-state index in [-0.39, 0.29) is 12.2 Å². The molecule has 3 heteroatoms. The van der Waals surface area contributed by atoms with Crippen LogP contribution in [0.15, 0.2) is 18.2 Å². The summed E-state index contributed by atoms with van der Waals surface area (Å²) in [4.78, 5) is 0. The minimum absolute atomic E-state index is 0.0362. The molecule has 0 amide bonds. The first kappa shape index (κ1) is 13.1. The minimum atomic E-state index is -1.76. The van der Waals surface area contributed by atoms with Gasteiger partial charge >= 0.3 is 0 Å². The second-order valence-electron chi connectivity index (χ2n) is 5.18. The summed E-state index contributed by atoms with van der Waals surface area (Å²) >= 11 is 0. The van der Waals surface area contributed by atoms with Crippen molar-refractivity contribution in [2.45, 2.75) is 38.8 Å². The monoisotopic (exact) mass is 228 g/mol. The Morgan fingerprint density at radius 2 is 1.75 bits per heavy atom. The maximum absolute atomic E-state index is 14.0. The maximum atomic E-state index is 14.0. The minimum Gasteiger partial charge on any atom is -0.395 e. The van der Waals surface area contributed by atoms with Crippen molar-refractivity contribution in [1.82, 2.24) is 0 Å². The van der Waals surface area contributed by atoms with Crippen LogP contribution in [-0.2, 0) is 11.1 Å². The molecule has 90 valence electrons. The zero-order valence-corrected chi connectivity index (χ0v) is 10.1. The number of rotatable bonds is 3. The Bertz CT molecular complexity index is 378. The highest BCUT2D eigenvalue weighted by atomic mass is 19.1. The summed E-state index contributed by atoms with van der Waals surface area (Å²) in [5.41, 5.74) is -1.86. The van der Waals surface area contributed by atoms with E-state index in [9.17, 15) is 13.9 Å². The van der Waals surface area contributed by atoms with Crippen molar-refractivity contribution in [1.29, 1.82) is 0 Å². The van der Waals surface area contributed by atoms with Crippen molar-refractivity contribution in [3.8, 4) is 0 Å². The van der Waals surface area contributed by atoms with Gasteiger partial charge < -0.3 is 5.11 Å². The van der Waals surface area contributed by atoms with Crippen LogP contribution in [0.5, 0.6) is 0 Å². The predicted octanol–water partition coefficient (Wildman–Crippen LogP) is 3.30. The average molecular weight is 228 g/mol. The Balaban J connectivity index is 3.47. The zero-order valence-electron chi connectivity index (χ0n) is 10.1. The molecule has 1 rings (SSSR count). The van der Waals surface area contributed by atoms with Crippen molar-refractivity contribution in [3.63, 3.8) is 0 Å². The molecule has 1 aromatic carbocycles. The number of hydrogen-bond donors (Lipinski definition) is 1. The fourth-order valence-corrected chi connectivity index (χ4v) is 1.78. The number of benzene rings is 1. The van der Waals surface area contributed by atoms with E-state index in [1.165, 1.54) is 26.0 Å². The molecule has 0 aromatic heterocycles. The molecule has 0 radical (unpaired) electrons. The summed E-state index contributed by atoms with van der Waals surface area (Å²) in [7, 11) is 0. The molecule has 0 spiro atoms. The van der Waals surface area contributed by atoms with Gasteiger partial charge in [-0.3, -0.25) is 0 Å². The van der Waals surface area contributed by atoms with Crippen LogP contribution >= 0.6 is 0 Å². The molecule has 0 aliphatic carbocycles. The smallest absolute Gasteiger partial charge is 0.133 e. The SMILES string of the molecule is CC(C)(F)c1c(F)cccc1C(C)(C)CO. The van der Waals surface area contributed by atoms with E-state index >= 15 is 0 Å². The third-order valence-electron chi connectivity index (χ3n) is 2.73. The molecular weight excluding hydrogens is 210 g/mol. The Hall–Kier alpha value is -0.960. The van der Waals surface area contributed by atoms with E-state index in [4.69, 9.17) is 0 Å². The molecule has 0 unspecified atom stereocenters. The predicted molar refractivity (Wildman–Crippen MR) is 60.6 cm³/mol. The van der Waals surface area contributed by atoms with Crippen LogP contribution < -0.4 is 0 Å². The Morgan fingerprint density at radius 1 is 1.19 bits per heavy atom. The third-order valence-corrected chi connectivity index (χ3v) is 2.73. The van der Waals surface area contributed by atoms with E-state index in [2.05, 4.69) is 0 Å². The fraction of sp³-hybridized carbons (Fsp3) is 0.538. The van der Waals surface area contributed by atoms with Gasteiger partial charge in [0.15, 0.2) is 0 Å². The number of alkyl halides is 1. The normalized spacial score (nSPS) is 12.9. The lowest BCUT2D eigenvalue weighted by atomic mass is 9.79. The van der Waals surface area contributed by atoms with Crippen LogP contribution in [0.2, 0.25) is 0 Å². The van der Waals surface area contributed by atoms with Crippen LogP contribution in [-0.4, -0.2) is 11.7 Å². The topological polar surface area (TPSA) is 20.2 Å². The van der Waals surface area contributed by atoms with Crippen molar-refractivity contribution in [2.24, 2.45) is 0 Å². The van der Waals surface area contributed by atoms with Gasteiger partial charge in [-0.1, -0.05) is 26.0 Å². The van der Waals surface area contributed by atoms with Crippen LogP contribution in [0.3, 0.4) is 0 Å². The molecular formula is C13H18F2O. The lowest BCUT2D eigenvalue weighted by Crippen LogP contribution is -2.28. The van der Waals surface area contributed by atoms with Crippen LogP contribution in [0, 0.1) is 5.82 Å². The van der Waals surface area contributed by atoms with Crippen LogP contribution in [0.25, 0.3) is 0 Å². The van der Waals surface area contributed by atoms with E-state index < -0.39 is 16.9 Å². The maximum Gasteiger partial charge on any atom is 0.133 e. The summed E-state index contributed by atoms with van der Waals surface area (Å²) in [6.45, 7) is 6.01. The number of aliphatic hydroxyl groups excluding tert-OH is 1. The fourth-order valence-electron chi connectivity index (χ4n) is 1.78. The molecule has 16 heavy (non-hydrogen) atoms. The highest BCUT2D eigenvalue weighted by Gasteiger charge is 2.32. The van der Waals surface area contributed by atoms with Crippen molar-refractivity contribution in [2.75, 3.05) is 6.61 Å². The first-order valence-corrected chi connectivity index (χ1v) is 5.29. The molecule has 0 aliphatic rings. The highest BCUT2D eigenvalue weighted by molar-refractivity contribution is 5.38. The lowest BCUT2D eigenvalue weighted by molar-refractivity contribution is 0.192. The average Bonchev–Trinajstić information content (AvgIpc) is 2.15. The van der Waals surface area contributed by atoms with E-state index in [0.717, 1.165) is 0 Å². The van der Waals surface area contributed by atoms with Gasteiger partial charge in [0.25, 0.3) is 0 Å². The quantitative estimate of drug-likeness (QED) is 0.841. The molecule has 0 atom stereocenters. The molecule has 0 heterocycles. The summed E-state index contributed by atoms with van der Waals surface area (Å²) in [6, 6.07) is 4.45. The standard InChI is InChI=1S/C13H18F2O/c1-12(2,8-16)9-6-5-7-10(14)11(9)13(3,4)15/h5-7,16H,8H2,1-4H3. The molecule has 0 saturated carbocycles. The Kier molecular flexibility index (Phi) is 3.38. The molecule has 0 fully saturated rings. The molecule has 0 saturated heterocycles. The lowest BCUT2D eigenvalue weighted by Gasteiger charge is -2.29. The first-order valence-electron chi connectivity index (χ1n) is 5.29. The second kappa shape index (κ2) is 4.13. The van der Waals surface area contributed by atoms with Crippen molar-refractivity contribution in [3.05, 3.63) is 35.1 Å². The highest BCUT2D eigenvalue weighted by Crippen LogP contribution is 2.36.